The van der Waals surface area contributed by atoms with E-state index in [9.17, 15) is 10.1 Å². The smallest absolute Gasteiger partial charge is 0.233 e. The first-order valence-corrected chi connectivity index (χ1v) is 6.37. The minimum atomic E-state index is -0.549. The van der Waals surface area contributed by atoms with E-state index in [1.165, 1.54) is 0 Å². The van der Waals surface area contributed by atoms with Gasteiger partial charge in [-0.2, -0.15) is 0 Å². The largest absolute Gasteiger partial charge is 0.486 e. The lowest BCUT2D eigenvalue weighted by molar-refractivity contribution is -0.521. The van der Waals surface area contributed by atoms with E-state index in [2.05, 4.69) is 0 Å². The van der Waals surface area contributed by atoms with Crippen molar-refractivity contribution in [1.82, 2.24) is 4.90 Å². The molecule has 2 heterocycles. The molecule has 2 atom stereocenters. The molecule has 0 radical (unpaired) electrons. The number of likely N-dealkylation sites (N-methyl/N-ethyl adjacent to an activating group) is 1. The SMILES string of the molecule is CN1CC(c2ccc3c(c2)OCCO3)C([N+](=O)[O-])C1. The van der Waals surface area contributed by atoms with Crippen LogP contribution in [-0.2, 0) is 0 Å². The van der Waals surface area contributed by atoms with Crippen LogP contribution in [0.5, 0.6) is 11.5 Å². The maximum Gasteiger partial charge on any atom is 0.233 e. The predicted molar refractivity (Wildman–Crippen MR) is 68.5 cm³/mol. The van der Waals surface area contributed by atoms with Gasteiger partial charge >= 0.3 is 0 Å². The van der Waals surface area contributed by atoms with Crippen molar-refractivity contribution in [2.45, 2.75) is 12.0 Å². The fourth-order valence-corrected chi connectivity index (χ4v) is 2.81. The topological polar surface area (TPSA) is 64.8 Å². The molecule has 2 aliphatic rings. The molecule has 1 saturated heterocycles. The van der Waals surface area contributed by atoms with E-state index < -0.39 is 6.04 Å². The summed E-state index contributed by atoms with van der Waals surface area (Å²) in [5.74, 6) is 1.33. The zero-order chi connectivity index (χ0) is 13.4. The summed E-state index contributed by atoms with van der Waals surface area (Å²) >= 11 is 0. The molecular weight excluding hydrogens is 248 g/mol. The molecule has 0 N–H and O–H groups in total. The third-order valence-corrected chi connectivity index (χ3v) is 3.74. The van der Waals surface area contributed by atoms with Crippen LogP contribution in [0, 0.1) is 10.1 Å². The highest BCUT2D eigenvalue weighted by molar-refractivity contribution is 5.45. The summed E-state index contributed by atoms with van der Waals surface area (Å²) in [4.78, 5) is 13.0. The molecular formula is C13H16N2O4. The molecule has 0 saturated carbocycles. The summed E-state index contributed by atoms with van der Waals surface area (Å²) in [6.45, 7) is 2.27. The molecule has 0 amide bonds. The van der Waals surface area contributed by atoms with E-state index in [0.717, 1.165) is 11.3 Å². The van der Waals surface area contributed by atoms with E-state index in [1.807, 2.05) is 30.1 Å². The summed E-state index contributed by atoms with van der Waals surface area (Å²) < 4.78 is 11.0. The second-order valence-corrected chi connectivity index (χ2v) is 5.08. The zero-order valence-corrected chi connectivity index (χ0v) is 10.7. The van der Waals surface area contributed by atoms with Crippen LogP contribution >= 0.6 is 0 Å². The Kier molecular flexibility index (Phi) is 3.02. The van der Waals surface area contributed by atoms with Crippen LogP contribution < -0.4 is 9.47 Å². The molecule has 6 nitrogen and oxygen atoms in total. The Labute approximate surface area is 111 Å². The number of hydrogen-bond donors (Lipinski definition) is 0. The van der Waals surface area contributed by atoms with Crippen molar-refractivity contribution in [3.8, 4) is 11.5 Å². The zero-order valence-electron chi connectivity index (χ0n) is 10.7. The molecule has 102 valence electrons. The molecule has 0 spiro atoms. The van der Waals surface area contributed by atoms with Gasteiger partial charge in [0.05, 0.1) is 12.5 Å². The molecule has 3 rings (SSSR count). The predicted octanol–water partition coefficient (Wildman–Crippen LogP) is 1.13. The van der Waals surface area contributed by atoms with E-state index in [1.54, 1.807) is 0 Å². The van der Waals surface area contributed by atoms with E-state index in [-0.39, 0.29) is 10.8 Å². The lowest BCUT2D eigenvalue weighted by Gasteiger charge is -2.20. The summed E-state index contributed by atoms with van der Waals surface area (Å²) in [5.41, 5.74) is 0.954. The van der Waals surface area contributed by atoms with Crippen molar-refractivity contribution in [3.63, 3.8) is 0 Å². The number of benzene rings is 1. The molecule has 2 unspecified atom stereocenters. The van der Waals surface area contributed by atoms with Gasteiger partial charge < -0.3 is 9.47 Å². The second-order valence-electron chi connectivity index (χ2n) is 5.08. The van der Waals surface area contributed by atoms with E-state index in [0.29, 0.717) is 32.1 Å². The molecule has 0 aliphatic carbocycles. The monoisotopic (exact) mass is 264 g/mol. The van der Waals surface area contributed by atoms with Gasteiger partial charge in [-0.15, -0.1) is 0 Å². The fourth-order valence-electron chi connectivity index (χ4n) is 2.81. The van der Waals surface area contributed by atoms with Gasteiger partial charge in [-0.1, -0.05) is 6.07 Å². The first-order chi connectivity index (χ1) is 9.15. The van der Waals surface area contributed by atoms with Gasteiger partial charge in [-0.25, -0.2) is 0 Å². The van der Waals surface area contributed by atoms with E-state index >= 15 is 0 Å². The molecule has 0 aromatic heterocycles. The fraction of sp³-hybridized carbons (Fsp3) is 0.538. The molecule has 19 heavy (non-hydrogen) atoms. The summed E-state index contributed by atoms with van der Waals surface area (Å²) in [7, 11) is 1.91. The van der Waals surface area contributed by atoms with Crippen molar-refractivity contribution in [2.75, 3.05) is 33.4 Å². The molecule has 6 heteroatoms. The van der Waals surface area contributed by atoms with Crippen LogP contribution in [0.3, 0.4) is 0 Å². The highest BCUT2D eigenvalue weighted by Gasteiger charge is 2.40. The van der Waals surface area contributed by atoms with Crippen molar-refractivity contribution >= 4 is 0 Å². The summed E-state index contributed by atoms with van der Waals surface area (Å²) in [6.07, 6.45) is 0. The van der Waals surface area contributed by atoms with Crippen LogP contribution in [0.25, 0.3) is 0 Å². The Morgan fingerprint density at radius 1 is 1.26 bits per heavy atom. The lowest BCUT2D eigenvalue weighted by atomic mass is 9.94. The highest BCUT2D eigenvalue weighted by atomic mass is 16.6. The first-order valence-electron chi connectivity index (χ1n) is 6.37. The summed E-state index contributed by atoms with van der Waals surface area (Å²) in [5, 5.41) is 11.1. The third-order valence-electron chi connectivity index (χ3n) is 3.74. The third kappa shape index (κ3) is 2.23. The molecule has 2 aliphatic heterocycles. The van der Waals surface area contributed by atoms with E-state index in [4.69, 9.17) is 9.47 Å². The van der Waals surface area contributed by atoms with Crippen LogP contribution in [0.2, 0.25) is 0 Å². The quantitative estimate of drug-likeness (QED) is 0.592. The van der Waals surface area contributed by atoms with Gasteiger partial charge in [-0.05, 0) is 24.7 Å². The number of likely N-dealkylation sites (tertiary alicyclic amines) is 1. The Balaban J connectivity index is 1.90. The van der Waals surface area contributed by atoms with Crippen LogP contribution in [-0.4, -0.2) is 49.2 Å². The minimum Gasteiger partial charge on any atom is -0.486 e. The van der Waals surface area contributed by atoms with Crippen molar-refractivity contribution in [2.24, 2.45) is 0 Å². The average Bonchev–Trinajstić information content (AvgIpc) is 2.80. The number of ether oxygens (including phenoxy) is 2. The number of fused-ring (bicyclic) bond motifs is 1. The maximum atomic E-state index is 11.1. The molecule has 1 fully saturated rings. The minimum absolute atomic E-state index is 0.0872. The number of nitrogens with zero attached hydrogens (tertiary/aromatic N) is 2. The Morgan fingerprint density at radius 2 is 2.00 bits per heavy atom. The second kappa shape index (κ2) is 4.70. The Morgan fingerprint density at radius 3 is 2.74 bits per heavy atom. The molecule has 1 aromatic rings. The maximum absolute atomic E-state index is 11.1. The first kappa shape index (κ1) is 12.2. The van der Waals surface area contributed by atoms with Gasteiger partial charge in [0.15, 0.2) is 11.5 Å². The number of nitro groups is 1. The van der Waals surface area contributed by atoms with Gasteiger partial charge in [0.25, 0.3) is 0 Å². The summed E-state index contributed by atoms with van der Waals surface area (Å²) in [6, 6.07) is 5.09. The molecule has 1 aromatic carbocycles. The highest BCUT2D eigenvalue weighted by Crippen LogP contribution is 2.36. The number of hydrogen-bond acceptors (Lipinski definition) is 5. The normalized spacial score (nSPS) is 26.4. The van der Waals surface area contributed by atoms with Gasteiger partial charge in [0.2, 0.25) is 6.04 Å². The van der Waals surface area contributed by atoms with Gasteiger partial charge in [0, 0.05) is 11.5 Å². The van der Waals surface area contributed by atoms with Crippen LogP contribution in [0.15, 0.2) is 18.2 Å². The number of rotatable bonds is 2. The van der Waals surface area contributed by atoms with Gasteiger partial charge in [0.1, 0.15) is 13.2 Å². The Bertz CT molecular complexity index is 505. The van der Waals surface area contributed by atoms with Crippen LogP contribution in [0.1, 0.15) is 11.5 Å². The van der Waals surface area contributed by atoms with Crippen LogP contribution in [0.4, 0.5) is 0 Å². The lowest BCUT2D eigenvalue weighted by Crippen LogP contribution is -2.27. The Hall–Kier alpha value is -1.82. The molecule has 0 bridgehead atoms. The van der Waals surface area contributed by atoms with Crippen molar-refractivity contribution in [3.05, 3.63) is 33.9 Å². The van der Waals surface area contributed by atoms with Crippen molar-refractivity contribution in [1.29, 1.82) is 0 Å². The van der Waals surface area contributed by atoms with Crippen molar-refractivity contribution < 1.29 is 14.4 Å². The van der Waals surface area contributed by atoms with Gasteiger partial charge in [-0.3, -0.25) is 15.0 Å². The standard InChI is InChI=1S/C13H16N2O4/c1-14-7-10(11(8-14)15(16)17)9-2-3-12-13(6-9)19-5-4-18-12/h2-3,6,10-11H,4-5,7-8H2,1H3. The average molecular weight is 264 g/mol.